The average molecular weight is 610 g/mol. The zero-order chi connectivity index (χ0) is 32.4. The number of pyridine rings is 1. The van der Waals surface area contributed by atoms with Crippen LogP contribution in [0.25, 0.3) is 0 Å². The van der Waals surface area contributed by atoms with Gasteiger partial charge in [0.1, 0.15) is 29.7 Å². The van der Waals surface area contributed by atoms with Crippen LogP contribution in [0.1, 0.15) is 52.2 Å². The van der Waals surface area contributed by atoms with Crippen molar-refractivity contribution in [1.82, 2.24) is 31.2 Å². The number of hydrogen-bond donors (Lipinski definition) is 5. The third-order valence-corrected chi connectivity index (χ3v) is 7.62. The second-order valence-corrected chi connectivity index (χ2v) is 12.2. The average Bonchev–Trinajstić information content (AvgIpc) is 2.96. The number of hydrogen-bond acceptors (Lipinski definition) is 8. The highest BCUT2D eigenvalue weighted by atomic mass is 16.5. The summed E-state index contributed by atoms with van der Waals surface area (Å²) in [5.74, 6) is -0.605. The first-order chi connectivity index (χ1) is 20.9. The molecule has 2 aromatic rings. The van der Waals surface area contributed by atoms with Crippen molar-refractivity contribution in [3.05, 3.63) is 53.7 Å². The van der Waals surface area contributed by atoms with Gasteiger partial charge in [0.2, 0.25) is 23.6 Å². The van der Waals surface area contributed by atoms with E-state index in [0.29, 0.717) is 31.1 Å². The summed E-state index contributed by atoms with van der Waals surface area (Å²) in [5.41, 5.74) is 7.65. The second-order valence-electron chi connectivity index (χ2n) is 12.2. The summed E-state index contributed by atoms with van der Waals surface area (Å²) in [6.45, 7) is 10.1. The maximum Gasteiger partial charge on any atom is 0.243 e. The van der Waals surface area contributed by atoms with E-state index in [4.69, 9.17) is 10.5 Å². The van der Waals surface area contributed by atoms with Gasteiger partial charge in [-0.15, -0.1) is 0 Å². The van der Waals surface area contributed by atoms with Crippen LogP contribution in [0.5, 0.6) is 5.75 Å². The maximum atomic E-state index is 13.6. The molecule has 4 amide bonds. The Bertz CT molecular complexity index is 1280. The van der Waals surface area contributed by atoms with E-state index in [1.54, 1.807) is 38.4 Å². The molecular formula is C32H47N7O5. The van der Waals surface area contributed by atoms with E-state index in [1.807, 2.05) is 50.8 Å². The zero-order valence-electron chi connectivity index (χ0n) is 26.6. The van der Waals surface area contributed by atoms with Crippen LogP contribution >= 0.6 is 0 Å². The summed E-state index contributed by atoms with van der Waals surface area (Å²) < 4.78 is 5.23. The summed E-state index contributed by atoms with van der Waals surface area (Å²) in [5, 5.41) is 11.6. The van der Waals surface area contributed by atoms with Gasteiger partial charge in [-0.05, 0) is 48.9 Å². The molecule has 0 aliphatic carbocycles. The quantitative estimate of drug-likeness (QED) is 0.299. The second kappa shape index (κ2) is 16.0. The predicted octanol–water partition coefficient (Wildman–Crippen LogP) is 1.39. The smallest absolute Gasteiger partial charge is 0.243 e. The largest absolute Gasteiger partial charge is 0.497 e. The van der Waals surface area contributed by atoms with Crippen molar-refractivity contribution in [1.29, 1.82) is 0 Å². The number of benzene rings is 1. The van der Waals surface area contributed by atoms with E-state index in [1.165, 1.54) is 0 Å². The molecule has 6 N–H and O–H groups in total. The molecular weight excluding hydrogens is 562 g/mol. The lowest BCUT2D eigenvalue weighted by Gasteiger charge is -2.31. The number of methoxy groups -OCH3 is 1. The van der Waals surface area contributed by atoms with E-state index in [9.17, 15) is 19.2 Å². The van der Waals surface area contributed by atoms with Gasteiger partial charge in [-0.1, -0.05) is 45.9 Å². The molecule has 0 radical (unpaired) electrons. The van der Waals surface area contributed by atoms with E-state index >= 15 is 0 Å². The Morgan fingerprint density at radius 1 is 0.932 bits per heavy atom. The predicted molar refractivity (Wildman–Crippen MR) is 168 cm³/mol. The van der Waals surface area contributed by atoms with E-state index in [0.717, 1.165) is 11.1 Å². The molecule has 240 valence electrons. The number of ether oxygens (including phenoxy) is 1. The number of nitrogens with zero attached hydrogens (tertiary/aromatic N) is 2. The molecule has 1 fully saturated rings. The molecule has 3 rings (SSSR count). The van der Waals surface area contributed by atoms with Crippen molar-refractivity contribution in [3.8, 4) is 5.75 Å². The number of carbonyl (C=O) groups excluding carboxylic acids is 4. The molecule has 1 aromatic carbocycles. The van der Waals surface area contributed by atoms with Crippen molar-refractivity contribution in [2.45, 2.75) is 78.2 Å². The standard InChI is InChI=1S/C32H47N7O5/c1-19(2)14-25-32(43)37-26(15-22-9-11-24(44-6)12-10-22)31(42)35-21(5)30(41)38-27(20(3)4)17-39(18-28(40)36-25)16-23-8-7-13-34-29(23)33/h7-13,19-21,25-27H,14-18H2,1-6H3,(H2,33,34)(H,35,42)(H,36,40)(H,37,43)(H,38,41)/t21-,25+,26+,27-/m1/s1. The van der Waals surface area contributed by atoms with Crippen molar-refractivity contribution in [2.24, 2.45) is 11.8 Å². The van der Waals surface area contributed by atoms with Crippen LogP contribution in [0.3, 0.4) is 0 Å². The van der Waals surface area contributed by atoms with Crippen LogP contribution in [0.15, 0.2) is 42.6 Å². The minimum atomic E-state index is -0.992. The molecule has 12 heteroatoms. The fourth-order valence-electron chi connectivity index (χ4n) is 5.02. The molecule has 0 unspecified atom stereocenters. The van der Waals surface area contributed by atoms with Crippen LogP contribution in [-0.2, 0) is 32.1 Å². The topological polar surface area (TPSA) is 168 Å². The van der Waals surface area contributed by atoms with E-state index in [-0.39, 0.29) is 42.7 Å². The van der Waals surface area contributed by atoms with Gasteiger partial charge in [-0.2, -0.15) is 0 Å². The fraction of sp³-hybridized carbons (Fsp3) is 0.531. The summed E-state index contributed by atoms with van der Waals surface area (Å²) >= 11 is 0. The summed E-state index contributed by atoms with van der Waals surface area (Å²) in [6.07, 6.45) is 2.14. The Kier molecular flexibility index (Phi) is 12.5. The van der Waals surface area contributed by atoms with Crippen molar-refractivity contribution in [2.75, 3.05) is 25.9 Å². The number of rotatable bonds is 8. The van der Waals surface area contributed by atoms with Crippen molar-refractivity contribution in [3.63, 3.8) is 0 Å². The van der Waals surface area contributed by atoms with Crippen molar-refractivity contribution >= 4 is 29.4 Å². The lowest BCUT2D eigenvalue weighted by Crippen LogP contribution is -2.57. The molecule has 1 aliphatic rings. The Balaban J connectivity index is 1.96. The molecule has 44 heavy (non-hydrogen) atoms. The number of aromatic nitrogens is 1. The highest BCUT2D eigenvalue weighted by Crippen LogP contribution is 2.16. The Labute approximate surface area is 259 Å². The molecule has 0 saturated carbocycles. The number of anilines is 1. The SMILES string of the molecule is COc1ccc(C[C@@H]2NC(=O)[C@H](CC(C)C)NC(=O)CN(Cc3cccnc3N)C[C@H](C(C)C)NC(=O)[C@@H](C)NC2=O)cc1. The summed E-state index contributed by atoms with van der Waals surface area (Å²) in [6, 6.07) is 7.70. The molecule has 2 heterocycles. The monoisotopic (exact) mass is 609 g/mol. The highest BCUT2D eigenvalue weighted by Gasteiger charge is 2.31. The first-order valence-corrected chi connectivity index (χ1v) is 15.1. The molecule has 1 aliphatic heterocycles. The molecule has 4 atom stereocenters. The number of nitrogens with two attached hydrogens (primary N) is 1. The third kappa shape index (κ3) is 10.2. The van der Waals surface area contributed by atoms with Gasteiger partial charge in [-0.25, -0.2) is 4.98 Å². The van der Waals surface area contributed by atoms with Crippen LogP contribution in [0, 0.1) is 11.8 Å². The molecule has 0 spiro atoms. The molecule has 1 aromatic heterocycles. The van der Waals surface area contributed by atoms with Gasteiger partial charge in [0.05, 0.1) is 13.7 Å². The number of amides is 4. The van der Waals surface area contributed by atoms with Gasteiger partial charge in [0, 0.05) is 37.3 Å². The lowest BCUT2D eigenvalue weighted by molar-refractivity contribution is -0.133. The molecule has 0 bridgehead atoms. The highest BCUT2D eigenvalue weighted by molar-refractivity contribution is 5.94. The normalized spacial score (nSPS) is 22.8. The van der Waals surface area contributed by atoms with Crippen LogP contribution in [0.4, 0.5) is 5.82 Å². The Hall–Kier alpha value is -4.19. The van der Waals surface area contributed by atoms with Gasteiger partial charge < -0.3 is 31.7 Å². The third-order valence-electron chi connectivity index (χ3n) is 7.62. The Morgan fingerprint density at radius 2 is 1.61 bits per heavy atom. The number of nitrogens with one attached hydrogen (secondary N) is 4. The first kappa shape index (κ1) is 34.3. The van der Waals surface area contributed by atoms with Crippen LogP contribution in [-0.4, -0.2) is 77.9 Å². The maximum absolute atomic E-state index is 13.6. The van der Waals surface area contributed by atoms with E-state index in [2.05, 4.69) is 26.3 Å². The van der Waals surface area contributed by atoms with Crippen molar-refractivity contribution < 1.29 is 23.9 Å². The fourth-order valence-corrected chi connectivity index (χ4v) is 5.02. The summed E-state index contributed by atoms with van der Waals surface area (Å²) in [4.78, 5) is 60.0. The van der Waals surface area contributed by atoms with Gasteiger partial charge >= 0.3 is 0 Å². The van der Waals surface area contributed by atoms with E-state index < -0.39 is 29.9 Å². The molecule has 1 saturated heterocycles. The van der Waals surface area contributed by atoms with Gasteiger partial charge in [0.25, 0.3) is 0 Å². The summed E-state index contributed by atoms with van der Waals surface area (Å²) in [7, 11) is 1.57. The molecule has 12 nitrogen and oxygen atoms in total. The first-order valence-electron chi connectivity index (χ1n) is 15.1. The zero-order valence-corrected chi connectivity index (χ0v) is 26.6. The van der Waals surface area contributed by atoms with Gasteiger partial charge in [0.15, 0.2) is 0 Å². The number of carbonyl (C=O) groups is 4. The van der Waals surface area contributed by atoms with Crippen LogP contribution < -0.4 is 31.7 Å². The lowest BCUT2D eigenvalue weighted by atomic mass is 10.0. The Morgan fingerprint density at radius 3 is 2.23 bits per heavy atom. The minimum Gasteiger partial charge on any atom is -0.497 e. The van der Waals surface area contributed by atoms with Gasteiger partial charge in [-0.3, -0.25) is 24.1 Å². The number of nitrogen functional groups attached to an aromatic ring is 1. The van der Waals surface area contributed by atoms with Crippen LogP contribution in [0.2, 0.25) is 0 Å². The minimum absolute atomic E-state index is 0.00842.